The van der Waals surface area contributed by atoms with Crippen molar-refractivity contribution in [3.05, 3.63) is 29.8 Å². The molecule has 1 aliphatic heterocycles. The third-order valence-electron chi connectivity index (χ3n) is 3.11. The van der Waals surface area contributed by atoms with Gasteiger partial charge in [0.05, 0.1) is 32.5 Å². The van der Waals surface area contributed by atoms with Gasteiger partial charge >= 0.3 is 0 Å². The van der Waals surface area contributed by atoms with E-state index >= 15 is 0 Å². The predicted octanol–water partition coefficient (Wildman–Crippen LogP) is 1.40. The molecule has 0 saturated carbocycles. The van der Waals surface area contributed by atoms with Gasteiger partial charge in [-0.25, -0.2) is 0 Å². The molecule has 19 heavy (non-hydrogen) atoms. The van der Waals surface area contributed by atoms with E-state index in [4.69, 9.17) is 20.1 Å². The van der Waals surface area contributed by atoms with Crippen molar-refractivity contribution in [3.63, 3.8) is 0 Å². The van der Waals surface area contributed by atoms with Crippen LogP contribution >= 0.6 is 0 Å². The average Bonchev–Trinajstić information content (AvgIpc) is 2.48. The number of rotatable bonds is 6. The minimum atomic E-state index is -0.0690. The minimum absolute atomic E-state index is 0.0545. The predicted molar refractivity (Wildman–Crippen MR) is 72.9 cm³/mol. The summed E-state index contributed by atoms with van der Waals surface area (Å²) in [5, 5.41) is 0. The third-order valence-corrected chi connectivity index (χ3v) is 3.11. The third kappa shape index (κ3) is 3.91. The standard InChI is InChI=1S/C14H22N2O3/c1-2-7-18-12-5-3-11(4-6-12)14(16-15)13-10-17-8-9-19-13/h3-6,13-14,16H,2,7-10,15H2,1H3. The van der Waals surface area contributed by atoms with Crippen molar-refractivity contribution in [2.75, 3.05) is 26.4 Å². The van der Waals surface area contributed by atoms with Crippen LogP contribution < -0.4 is 16.0 Å². The molecule has 106 valence electrons. The average molecular weight is 266 g/mol. The Bertz CT molecular complexity index is 363. The lowest BCUT2D eigenvalue weighted by Crippen LogP contribution is -2.43. The zero-order valence-electron chi connectivity index (χ0n) is 11.3. The summed E-state index contributed by atoms with van der Waals surface area (Å²) >= 11 is 0. The highest BCUT2D eigenvalue weighted by Gasteiger charge is 2.25. The molecule has 1 aliphatic rings. The van der Waals surface area contributed by atoms with Gasteiger partial charge in [0.25, 0.3) is 0 Å². The zero-order valence-corrected chi connectivity index (χ0v) is 11.3. The first kappa shape index (κ1) is 14.3. The fourth-order valence-electron chi connectivity index (χ4n) is 2.11. The highest BCUT2D eigenvalue weighted by atomic mass is 16.6. The van der Waals surface area contributed by atoms with E-state index in [0.29, 0.717) is 19.8 Å². The maximum absolute atomic E-state index is 5.68. The van der Waals surface area contributed by atoms with Crippen LogP contribution in [-0.4, -0.2) is 32.5 Å². The van der Waals surface area contributed by atoms with Crippen molar-refractivity contribution in [2.24, 2.45) is 5.84 Å². The van der Waals surface area contributed by atoms with Crippen molar-refractivity contribution in [3.8, 4) is 5.75 Å². The van der Waals surface area contributed by atoms with Crippen molar-refractivity contribution >= 4 is 0 Å². The highest BCUT2D eigenvalue weighted by Crippen LogP contribution is 2.23. The molecule has 5 heteroatoms. The van der Waals surface area contributed by atoms with Crippen molar-refractivity contribution in [2.45, 2.75) is 25.5 Å². The van der Waals surface area contributed by atoms with Gasteiger partial charge in [0.15, 0.2) is 0 Å². The summed E-state index contributed by atoms with van der Waals surface area (Å²) < 4.78 is 16.7. The summed E-state index contributed by atoms with van der Waals surface area (Å²) in [6.07, 6.45) is 0.947. The van der Waals surface area contributed by atoms with E-state index in [2.05, 4.69) is 12.3 Å². The molecule has 1 fully saturated rings. The van der Waals surface area contributed by atoms with E-state index in [-0.39, 0.29) is 12.1 Å². The maximum atomic E-state index is 5.68. The summed E-state index contributed by atoms with van der Waals surface area (Å²) in [5.74, 6) is 6.51. The fourth-order valence-corrected chi connectivity index (χ4v) is 2.11. The lowest BCUT2D eigenvalue weighted by molar-refractivity contribution is -0.102. The van der Waals surface area contributed by atoms with Crippen LogP contribution in [0.4, 0.5) is 0 Å². The van der Waals surface area contributed by atoms with E-state index in [1.165, 1.54) is 0 Å². The number of benzene rings is 1. The van der Waals surface area contributed by atoms with E-state index in [1.54, 1.807) is 0 Å². The van der Waals surface area contributed by atoms with Gasteiger partial charge in [0.2, 0.25) is 0 Å². The van der Waals surface area contributed by atoms with Crippen molar-refractivity contribution < 1.29 is 14.2 Å². The van der Waals surface area contributed by atoms with Gasteiger partial charge in [-0.3, -0.25) is 11.3 Å². The summed E-state index contributed by atoms with van der Waals surface area (Å²) in [6.45, 7) is 4.64. The Hall–Kier alpha value is -1.14. The first-order valence-corrected chi connectivity index (χ1v) is 6.73. The van der Waals surface area contributed by atoms with Crippen LogP contribution in [0.25, 0.3) is 0 Å². The topological polar surface area (TPSA) is 65.7 Å². The first-order valence-electron chi connectivity index (χ1n) is 6.73. The second-order valence-corrected chi connectivity index (χ2v) is 4.55. The minimum Gasteiger partial charge on any atom is -0.494 e. The molecule has 1 saturated heterocycles. The van der Waals surface area contributed by atoms with Crippen LogP contribution in [0, 0.1) is 0 Å². The lowest BCUT2D eigenvalue weighted by Gasteiger charge is -2.30. The Morgan fingerprint density at radius 2 is 2.16 bits per heavy atom. The van der Waals surface area contributed by atoms with Crippen molar-refractivity contribution in [1.82, 2.24) is 5.43 Å². The van der Waals surface area contributed by atoms with E-state index < -0.39 is 0 Å². The summed E-state index contributed by atoms with van der Waals surface area (Å²) in [4.78, 5) is 0. The van der Waals surface area contributed by atoms with Gasteiger partial charge in [-0.2, -0.15) is 0 Å². The van der Waals surface area contributed by atoms with Crippen LogP contribution in [0.5, 0.6) is 5.75 Å². The van der Waals surface area contributed by atoms with Gasteiger partial charge in [-0.1, -0.05) is 19.1 Å². The molecular formula is C14H22N2O3. The number of hydrogen-bond acceptors (Lipinski definition) is 5. The Morgan fingerprint density at radius 1 is 1.37 bits per heavy atom. The molecule has 2 unspecified atom stereocenters. The summed E-state index contributed by atoms with van der Waals surface area (Å²) in [6, 6.07) is 7.86. The molecule has 2 atom stereocenters. The molecular weight excluding hydrogens is 244 g/mol. The molecule has 0 radical (unpaired) electrons. The van der Waals surface area contributed by atoms with Gasteiger partial charge < -0.3 is 14.2 Å². The Labute approximate surface area is 114 Å². The molecule has 2 rings (SSSR count). The summed E-state index contributed by atoms with van der Waals surface area (Å²) in [5.41, 5.74) is 3.88. The van der Waals surface area contributed by atoms with Gasteiger partial charge in [-0.15, -0.1) is 0 Å². The van der Waals surface area contributed by atoms with E-state index in [9.17, 15) is 0 Å². The molecule has 0 amide bonds. The van der Waals surface area contributed by atoms with E-state index in [1.807, 2.05) is 24.3 Å². The fraction of sp³-hybridized carbons (Fsp3) is 0.571. The number of nitrogens with two attached hydrogens (primary N) is 1. The molecule has 1 aromatic rings. The molecule has 5 nitrogen and oxygen atoms in total. The van der Waals surface area contributed by atoms with Crippen LogP contribution in [0.1, 0.15) is 24.9 Å². The Kier molecular flexibility index (Phi) is 5.60. The largest absolute Gasteiger partial charge is 0.494 e. The van der Waals surface area contributed by atoms with Crippen LogP contribution in [0.15, 0.2) is 24.3 Å². The molecule has 0 aromatic heterocycles. The highest BCUT2D eigenvalue weighted by molar-refractivity contribution is 5.29. The monoisotopic (exact) mass is 266 g/mol. The maximum Gasteiger partial charge on any atom is 0.119 e. The van der Waals surface area contributed by atoms with E-state index in [0.717, 1.165) is 24.3 Å². The molecule has 0 aliphatic carbocycles. The zero-order chi connectivity index (χ0) is 13.5. The van der Waals surface area contributed by atoms with Gasteiger partial charge in [-0.05, 0) is 24.1 Å². The molecule has 1 aromatic carbocycles. The van der Waals surface area contributed by atoms with Gasteiger partial charge in [0.1, 0.15) is 11.9 Å². The molecule has 0 spiro atoms. The Morgan fingerprint density at radius 3 is 2.74 bits per heavy atom. The second-order valence-electron chi connectivity index (χ2n) is 4.55. The number of hydrazine groups is 1. The Balaban J connectivity index is 2.01. The molecule has 0 bridgehead atoms. The van der Waals surface area contributed by atoms with Crippen LogP contribution in [0.3, 0.4) is 0 Å². The first-order chi connectivity index (χ1) is 9.35. The quantitative estimate of drug-likeness (QED) is 0.602. The molecule has 3 N–H and O–H groups in total. The number of ether oxygens (including phenoxy) is 3. The van der Waals surface area contributed by atoms with Crippen LogP contribution in [0.2, 0.25) is 0 Å². The normalized spacial score (nSPS) is 21.1. The summed E-state index contributed by atoms with van der Waals surface area (Å²) in [7, 11) is 0. The van der Waals surface area contributed by atoms with Gasteiger partial charge in [0, 0.05) is 0 Å². The number of nitrogens with one attached hydrogen (secondary N) is 1. The molecule has 1 heterocycles. The smallest absolute Gasteiger partial charge is 0.119 e. The second kappa shape index (κ2) is 7.45. The lowest BCUT2D eigenvalue weighted by atomic mass is 10.0. The number of hydrogen-bond donors (Lipinski definition) is 2. The van der Waals surface area contributed by atoms with Crippen LogP contribution in [-0.2, 0) is 9.47 Å². The SMILES string of the molecule is CCCOc1ccc(C(NN)C2COCCO2)cc1. The van der Waals surface area contributed by atoms with Crippen molar-refractivity contribution in [1.29, 1.82) is 0 Å².